The number of carboxylic acid groups (broad SMARTS) is 1. The number of benzene rings is 1. The fourth-order valence-electron chi connectivity index (χ4n) is 2.85. The number of aryl methyl sites for hydroxylation is 1. The summed E-state index contributed by atoms with van der Waals surface area (Å²) < 4.78 is 32.9. The van der Waals surface area contributed by atoms with E-state index in [1.165, 1.54) is 12.4 Å². The summed E-state index contributed by atoms with van der Waals surface area (Å²) in [6.45, 7) is 1.97. The number of hydrogen-bond acceptors (Lipinski definition) is 8. The molecule has 0 aliphatic rings. The van der Waals surface area contributed by atoms with Crippen LogP contribution >= 0.6 is 23.2 Å². The van der Waals surface area contributed by atoms with Gasteiger partial charge in [0.05, 0.1) is 10.0 Å². The Morgan fingerprint density at radius 3 is 2.37 bits per heavy atom. The number of nitrogens with one attached hydrogen (secondary N) is 4. The maximum Gasteiger partial charge on any atom is 0.490 e. The van der Waals surface area contributed by atoms with Crippen molar-refractivity contribution in [1.82, 2.24) is 30.6 Å². The van der Waals surface area contributed by atoms with Gasteiger partial charge in [-0.25, -0.2) is 19.6 Å². The van der Waals surface area contributed by atoms with Gasteiger partial charge in [-0.15, -0.1) is 0 Å². The first-order valence-corrected chi connectivity index (χ1v) is 12.0. The van der Waals surface area contributed by atoms with Crippen LogP contribution < -0.4 is 32.8 Å². The predicted molar refractivity (Wildman–Crippen MR) is 143 cm³/mol. The van der Waals surface area contributed by atoms with Gasteiger partial charge in [-0.3, -0.25) is 20.4 Å². The van der Waals surface area contributed by atoms with Crippen molar-refractivity contribution in [2.24, 2.45) is 0 Å². The molecular weight excluding hydrogens is 596 g/mol. The number of anilines is 2. The van der Waals surface area contributed by atoms with Gasteiger partial charge >= 0.3 is 18.2 Å². The van der Waals surface area contributed by atoms with Crippen molar-refractivity contribution in [1.29, 1.82) is 0 Å². The van der Waals surface area contributed by atoms with Crippen LogP contribution in [0.3, 0.4) is 0 Å². The van der Waals surface area contributed by atoms with E-state index >= 15 is 0 Å². The number of halogens is 5. The summed E-state index contributed by atoms with van der Waals surface area (Å²) in [5.41, 5.74) is 12.1. The van der Waals surface area contributed by atoms with Crippen LogP contribution in [-0.4, -0.2) is 43.7 Å². The van der Waals surface area contributed by atoms with E-state index in [9.17, 15) is 27.6 Å². The number of carboxylic acids is 1. The van der Waals surface area contributed by atoms with Gasteiger partial charge in [0.1, 0.15) is 12.4 Å². The first-order chi connectivity index (χ1) is 19.2. The van der Waals surface area contributed by atoms with Gasteiger partial charge in [-0.05, 0) is 36.2 Å². The van der Waals surface area contributed by atoms with Crippen LogP contribution in [0, 0.1) is 6.92 Å². The minimum atomic E-state index is -5.08. The van der Waals surface area contributed by atoms with Crippen molar-refractivity contribution < 1.29 is 32.7 Å². The molecule has 3 amide bonds. The third-order valence-corrected chi connectivity index (χ3v) is 5.63. The number of nitrogens with zero attached hydrogens (tertiary/aromatic N) is 3. The molecule has 0 fully saturated rings. The fourth-order valence-corrected chi connectivity index (χ4v) is 3.17. The molecule has 0 aliphatic carbocycles. The molecule has 0 radical (unpaired) electrons. The molecule has 1 aromatic carbocycles. The van der Waals surface area contributed by atoms with Crippen LogP contribution in [-0.2, 0) is 29.2 Å². The number of carbonyl (C=O) groups is 3. The molecule has 7 N–H and O–H groups in total. The minimum absolute atomic E-state index is 0.154. The third-order valence-electron chi connectivity index (χ3n) is 4.89. The Bertz CT molecular complexity index is 1470. The van der Waals surface area contributed by atoms with Gasteiger partial charge in [-0.2, -0.15) is 13.2 Å². The van der Waals surface area contributed by atoms with Crippen molar-refractivity contribution in [3.63, 3.8) is 0 Å². The fraction of sp³-hybridized carbons (Fsp3) is 0.217. The number of nitrogens with two attached hydrogens (primary N) is 1. The summed E-state index contributed by atoms with van der Waals surface area (Å²) in [5.74, 6) is -2.90. The molecule has 3 aromatic rings. The molecule has 0 saturated carbocycles. The summed E-state index contributed by atoms with van der Waals surface area (Å²) in [6.07, 6.45) is -2.38. The van der Waals surface area contributed by atoms with E-state index < -0.39 is 23.7 Å². The van der Waals surface area contributed by atoms with Crippen LogP contribution in [0.5, 0.6) is 0 Å². The number of aromatic nitrogens is 3. The summed E-state index contributed by atoms with van der Waals surface area (Å²) in [6, 6.07) is 7.79. The Hall–Kier alpha value is -4.57. The zero-order valence-corrected chi connectivity index (χ0v) is 22.6. The average Bonchev–Trinajstić information content (AvgIpc) is 2.89. The molecule has 0 aliphatic heterocycles. The largest absolute Gasteiger partial charge is 0.490 e. The highest BCUT2D eigenvalue weighted by Gasteiger charge is 2.38. The van der Waals surface area contributed by atoms with Crippen molar-refractivity contribution in [2.45, 2.75) is 32.7 Å². The van der Waals surface area contributed by atoms with E-state index in [-0.39, 0.29) is 31.4 Å². The van der Waals surface area contributed by atoms with Gasteiger partial charge < -0.3 is 26.0 Å². The lowest BCUT2D eigenvalue weighted by molar-refractivity contribution is -0.192. The van der Waals surface area contributed by atoms with Gasteiger partial charge in [-0.1, -0.05) is 35.3 Å². The maximum atomic E-state index is 12.6. The molecule has 2 heterocycles. The summed E-state index contributed by atoms with van der Waals surface area (Å²) in [7, 11) is 0. The van der Waals surface area contributed by atoms with Crippen molar-refractivity contribution >= 4 is 52.7 Å². The Kier molecular flexibility index (Phi) is 11.7. The highest BCUT2D eigenvalue weighted by molar-refractivity contribution is 6.42. The second-order valence-corrected chi connectivity index (χ2v) is 8.76. The van der Waals surface area contributed by atoms with E-state index in [4.69, 9.17) is 38.8 Å². The number of amides is 3. The Morgan fingerprint density at radius 1 is 1.07 bits per heavy atom. The maximum absolute atomic E-state index is 12.6. The van der Waals surface area contributed by atoms with Crippen LogP contribution in [0.2, 0.25) is 10.0 Å². The predicted octanol–water partition coefficient (Wildman–Crippen LogP) is 2.61. The monoisotopic (exact) mass is 618 g/mol. The van der Waals surface area contributed by atoms with Crippen molar-refractivity contribution in [2.75, 3.05) is 11.2 Å². The molecule has 2 aromatic heterocycles. The lowest BCUT2D eigenvalue weighted by atomic mass is 10.2. The van der Waals surface area contributed by atoms with Gasteiger partial charge in [0.2, 0.25) is 11.7 Å². The van der Waals surface area contributed by atoms with Gasteiger partial charge in [0.15, 0.2) is 0 Å². The molecule has 3 rings (SSSR count). The molecule has 13 nitrogen and oxygen atoms in total. The van der Waals surface area contributed by atoms with Gasteiger partial charge in [0, 0.05) is 31.2 Å². The van der Waals surface area contributed by atoms with Crippen LogP contribution in [0.4, 0.5) is 29.6 Å². The first kappa shape index (κ1) is 32.6. The first-order valence-electron chi connectivity index (χ1n) is 11.3. The quantitative estimate of drug-likeness (QED) is 0.206. The minimum Gasteiger partial charge on any atom is -0.475 e. The molecule has 18 heteroatoms. The smallest absolute Gasteiger partial charge is 0.475 e. The number of pyridine rings is 1. The van der Waals surface area contributed by atoms with E-state index in [0.29, 0.717) is 21.6 Å². The SMILES string of the molecule is Cc1nc(N)ccc1CNC(=O)Cn1ccnc(NNC(=O)NCc2ccc(Cl)c(Cl)c2)c1=O.O=C(O)C(F)(F)F. The van der Waals surface area contributed by atoms with E-state index in [1.807, 2.05) is 0 Å². The van der Waals surface area contributed by atoms with E-state index in [0.717, 1.165) is 15.7 Å². The number of aliphatic carboxylic acids is 1. The second kappa shape index (κ2) is 14.7. The number of nitrogen functional groups attached to an aromatic ring is 1. The zero-order valence-electron chi connectivity index (χ0n) is 21.1. The second-order valence-electron chi connectivity index (χ2n) is 7.95. The zero-order chi connectivity index (χ0) is 30.7. The van der Waals surface area contributed by atoms with E-state index in [1.54, 1.807) is 37.3 Å². The Balaban J connectivity index is 0.000000745. The Morgan fingerprint density at radius 2 is 1.76 bits per heavy atom. The third kappa shape index (κ3) is 10.8. The van der Waals surface area contributed by atoms with Crippen LogP contribution in [0.15, 0.2) is 47.5 Å². The number of alkyl halides is 3. The highest BCUT2D eigenvalue weighted by atomic mass is 35.5. The molecule has 0 unspecified atom stereocenters. The van der Waals surface area contributed by atoms with Crippen molar-refractivity contribution in [3.05, 3.63) is 79.9 Å². The van der Waals surface area contributed by atoms with Crippen LogP contribution in [0.25, 0.3) is 0 Å². The number of urea groups is 1. The molecule has 0 atom stereocenters. The molecule has 0 spiro atoms. The standard InChI is InChI=1S/C21H22Cl2N8O3.C2HF3O2/c1-12-14(3-5-17(24)28-12)10-26-18(32)11-31-7-6-25-19(20(31)33)29-30-21(34)27-9-13-2-4-15(22)16(23)8-13;3-2(4,5)1(6)7/h2-8H,9-11H2,1H3,(H2,24,28)(H,25,29)(H,26,32)(H2,27,30,34);(H,6,7). The number of carbonyl (C=O) groups excluding carboxylic acids is 2. The van der Waals surface area contributed by atoms with E-state index in [2.05, 4.69) is 31.5 Å². The Labute approximate surface area is 239 Å². The summed E-state index contributed by atoms with van der Waals surface area (Å²) in [5, 5.41) is 13.2. The number of rotatable bonds is 8. The van der Waals surface area contributed by atoms with Crippen LogP contribution in [0.1, 0.15) is 16.8 Å². The molecular formula is C23H23Cl2F3N8O5. The van der Waals surface area contributed by atoms with Crippen molar-refractivity contribution in [3.8, 4) is 0 Å². The lowest BCUT2D eigenvalue weighted by Gasteiger charge is -2.12. The lowest BCUT2D eigenvalue weighted by Crippen LogP contribution is -2.41. The molecule has 0 bridgehead atoms. The highest BCUT2D eigenvalue weighted by Crippen LogP contribution is 2.22. The summed E-state index contributed by atoms with van der Waals surface area (Å²) in [4.78, 5) is 53.8. The summed E-state index contributed by atoms with van der Waals surface area (Å²) >= 11 is 11.8. The van der Waals surface area contributed by atoms with Gasteiger partial charge in [0.25, 0.3) is 5.56 Å². The average molecular weight is 619 g/mol. The molecule has 220 valence electrons. The topological polar surface area (TPSA) is 193 Å². The number of hydrogen-bond donors (Lipinski definition) is 6. The normalized spacial score (nSPS) is 10.6. The molecule has 41 heavy (non-hydrogen) atoms. The molecule has 0 saturated heterocycles. The number of hydrazine groups is 1.